The standard InChI is InChI=1S/C11H15NO6Si/c1-19(2,3)18-9-5-4-7(10(13)11(14)15)6-8(9)12(16)17/h4-6,10,13H,1-3H3,(H,14,15). The Morgan fingerprint density at radius 1 is 1.42 bits per heavy atom. The van der Waals surface area contributed by atoms with E-state index in [0.29, 0.717) is 0 Å². The van der Waals surface area contributed by atoms with E-state index in [4.69, 9.17) is 9.53 Å². The minimum Gasteiger partial charge on any atom is -0.540 e. The minimum atomic E-state index is -2.02. The Morgan fingerprint density at radius 3 is 2.42 bits per heavy atom. The molecular formula is C11H15NO6Si. The number of aliphatic carboxylic acids is 1. The van der Waals surface area contributed by atoms with Crippen molar-refractivity contribution in [1.29, 1.82) is 0 Å². The summed E-state index contributed by atoms with van der Waals surface area (Å²) in [4.78, 5) is 21.0. The van der Waals surface area contributed by atoms with E-state index in [9.17, 15) is 20.0 Å². The largest absolute Gasteiger partial charge is 0.540 e. The van der Waals surface area contributed by atoms with Gasteiger partial charge in [0.25, 0.3) is 0 Å². The lowest BCUT2D eigenvalue weighted by Crippen LogP contribution is -2.29. The van der Waals surface area contributed by atoms with Crippen LogP contribution in [0.5, 0.6) is 5.75 Å². The molecule has 0 radical (unpaired) electrons. The predicted molar refractivity (Wildman–Crippen MR) is 69.7 cm³/mol. The van der Waals surface area contributed by atoms with Gasteiger partial charge in [-0.3, -0.25) is 10.1 Å². The Hall–Kier alpha value is -1.93. The lowest BCUT2D eigenvalue weighted by Gasteiger charge is -2.19. The Bertz CT molecular complexity index is 510. The van der Waals surface area contributed by atoms with E-state index in [2.05, 4.69) is 0 Å². The number of carboxylic acid groups (broad SMARTS) is 1. The zero-order valence-corrected chi connectivity index (χ0v) is 11.8. The van der Waals surface area contributed by atoms with Crippen LogP contribution < -0.4 is 4.43 Å². The van der Waals surface area contributed by atoms with E-state index in [0.717, 1.165) is 6.07 Å². The highest BCUT2D eigenvalue weighted by Gasteiger charge is 2.26. The normalized spacial score (nSPS) is 12.8. The fourth-order valence-corrected chi connectivity index (χ4v) is 2.24. The van der Waals surface area contributed by atoms with Gasteiger partial charge in [-0.1, -0.05) is 6.07 Å². The Balaban J connectivity index is 3.22. The molecule has 0 saturated carbocycles. The summed E-state index contributed by atoms with van der Waals surface area (Å²) in [7, 11) is -2.02. The number of nitrogens with zero attached hydrogens (tertiary/aromatic N) is 1. The van der Waals surface area contributed by atoms with Crippen LogP contribution in [0.4, 0.5) is 5.69 Å². The summed E-state index contributed by atoms with van der Waals surface area (Å²) in [6, 6.07) is 3.65. The molecule has 19 heavy (non-hydrogen) atoms. The zero-order valence-electron chi connectivity index (χ0n) is 10.8. The minimum absolute atomic E-state index is 0.0536. The molecule has 0 aliphatic rings. The SMILES string of the molecule is C[Si](C)(C)Oc1ccc(C(O)C(=O)O)cc1[N+](=O)[O-]. The highest BCUT2D eigenvalue weighted by atomic mass is 28.4. The summed E-state index contributed by atoms with van der Waals surface area (Å²) >= 11 is 0. The number of aliphatic hydroxyl groups excluding tert-OH is 1. The fourth-order valence-electron chi connectivity index (χ4n) is 1.41. The molecule has 1 aromatic carbocycles. The summed E-state index contributed by atoms with van der Waals surface area (Å²) in [6.07, 6.45) is -1.79. The van der Waals surface area contributed by atoms with Crippen LogP contribution in [-0.2, 0) is 4.79 Å². The van der Waals surface area contributed by atoms with Crippen molar-refractivity contribution >= 4 is 20.0 Å². The number of carboxylic acids is 1. The number of nitro groups is 1. The van der Waals surface area contributed by atoms with Gasteiger partial charge in [0.15, 0.2) is 11.9 Å². The van der Waals surface area contributed by atoms with Crippen molar-refractivity contribution in [2.75, 3.05) is 0 Å². The summed E-state index contributed by atoms with van der Waals surface area (Å²) in [5, 5.41) is 29.0. The van der Waals surface area contributed by atoms with Crippen LogP contribution >= 0.6 is 0 Å². The number of hydrogen-bond acceptors (Lipinski definition) is 5. The highest BCUT2D eigenvalue weighted by Crippen LogP contribution is 2.32. The quantitative estimate of drug-likeness (QED) is 0.486. The van der Waals surface area contributed by atoms with E-state index < -0.39 is 25.3 Å². The Labute approximate surface area is 110 Å². The molecule has 1 atom stereocenters. The molecule has 1 aromatic rings. The van der Waals surface area contributed by atoms with Crippen LogP contribution in [0, 0.1) is 10.1 Å². The van der Waals surface area contributed by atoms with Gasteiger partial charge >= 0.3 is 11.7 Å². The van der Waals surface area contributed by atoms with Crippen molar-refractivity contribution < 1.29 is 24.4 Å². The number of hydrogen-bond donors (Lipinski definition) is 2. The van der Waals surface area contributed by atoms with E-state index in [-0.39, 0.29) is 17.0 Å². The predicted octanol–water partition coefficient (Wildman–Crippen LogP) is 1.93. The third-order valence-electron chi connectivity index (χ3n) is 2.15. The average Bonchev–Trinajstić information content (AvgIpc) is 2.26. The number of aliphatic hydroxyl groups is 1. The number of carbonyl (C=O) groups is 1. The first-order valence-electron chi connectivity index (χ1n) is 5.50. The third-order valence-corrected chi connectivity index (χ3v) is 2.98. The van der Waals surface area contributed by atoms with E-state index in [1.807, 2.05) is 19.6 Å². The third kappa shape index (κ3) is 4.04. The maximum absolute atomic E-state index is 11.0. The fraction of sp³-hybridized carbons (Fsp3) is 0.364. The van der Waals surface area contributed by atoms with E-state index in [1.165, 1.54) is 12.1 Å². The first-order chi connectivity index (χ1) is 8.61. The van der Waals surface area contributed by atoms with Gasteiger partial charge in [-0.25, -0.2) is 4.79 Å². The molecule has 0 bridgehead atoms. The van der Waals surface area contributed by atoms with Gasteiger partial charge in [-0.05, 0) is 31.3 Å². The molecule has 0 aromatic heterocycles. The second-order valence-corrected chi connectivity index (χ2v) is 9.37. The average molecular weight is 285 g/mol. The van der Waals surface area contributed by atoms with Gasteiger partial charge < -0.3 is 14.6 Å². The van der Waals surface area contributed by atoms with Crippen molar-refractivity contribution in [2.45, 2.75) is 25.7 Å². The maximum Gasteiger partial charge on any atom is 0.337 e. The van der Waals surface area contributed by atoms with Crippen molar-refractivity contribution in [3.63, 3.8) is 0 Å². The summed E-state index contributed by atoms with van der Waals surface area (Å²) in [5.41, 5.74) is -0.401. The lowest BCUT2D eigenvalue weighted by atomic mass is 10.1. The van der Waals surface area contributed by atoms with Crippen LogP contribution in [0.25, 0.3) is 0 Å². The van der Waals surface area contributed by atoms with Crippen LogP contribution in [0.3, 0.4) is 0 Å². The summed E-state index contributed by atoms with van der Waals surface area (Å²) < 4.78 is 5.56. The smallest absolute Gasteiger partial charge is 0.337 e. The first-order valence-corrected chi connectivity index (χ1v) is 8.91. The van der Waals surface area contributed by atoms with Crippen molar-refractivity contribution in [2.24, 2.45) is 0 Å². The molecule has 0 fully saturated rings. The molecule has 0 saturated heterocycles. The molecule has 0 aliphatic carbocycles. The van der Waals surface area contributed by atoms with E-state index in [1.54, 1.807) is 0 Å². The molecule has 0 amide bonds. The van der Waals surface area contributed by atoms with Crippen LogP contribution in [0.15, 0.2) is 18.2 Å². The number of benzene rings is 1. The second-order valence-electron chi connectivity index (χ2n) is 4.94. The molecule has 1 rings (SSSR count). The Kier molecular flexibility index (Phi) is 4.27. The summed E-state index contributed by atoms with van der Waals surface area (Å²) in [5.74, 6) is -1.38. The highest BCUT2D eigenvalue weighted by molar-refractivity contribution is 6.70. The molecule has 0 heterocycles. The molecule has 2 N–H and O–H groups in total. The molecule has 0 spiro atoms. The molecule has 7 nitrogen and oxygen atoms in total. The number of rotatable bonds is 5. The van der Waals surface area contributed by atoms with Gasteiger partial charge in [0.1, 0.15) is 0 Å². The topological polar surface area (TPSA) is 110 Å². The van der Waals surface area contributed by atoms with Gasteiger partial charge in [0.05, 0.1) is 4.92 Å². The summed E-state index contributed by atoms with van der Waals surface area (Å²) in [6.45, 7) is 5.62. The molecule has 8 heteroatoms. The Morgan fingerprint density at radius 2 is 2.00 bits per heavy atom. The van der Waals surface area contributed by atoms with Gasteiger partial charge in [0, 0.05) is 6.07 Å². The first kappa shape index (κ1) is 15.1. The second kappa shape index (κ2) is 5.37. The van der Waals surface area contributed by atoms with Crippen molar-refractivity contribution in [1.82, 2.24) is 0 Å². The van der Waals surface area contributed by atoms with Gasteiger partial charge in [-0.15, -0.1) is 0 Å². The van der Waals surface area contributed by atoms with Crippen LogP contribution in [0.1, 0.15) is 11.7 Å². The van der Waals surface area contributed by atoms with E-state index >= 15 is 0 Å². The van der Waals surface area contributed by atoms with Crippen molar-refractivity contribution in [3.05, 3.63) is 33.9 Å². The maximum atomic E-state index is 11.0. The monoisotopic (exact) mass is 285 g/mol. The molecule has 0 aliphatic heterocycles. The molecule has 1 unspecified atom stereocenters. The van der Waals surface area contributed by atoms with Gasteiger partial charge in [0.2, 0.25) is 8.32 Å². The zero-order chi connectivity index (χ0) is 14.8. The lowest BCUT2D eigenvalue weighted by molar-refractivity contribution is -0.385. The van der Waals surface area contributed by atoms with Crippen LogP contribution in [0.2, 0.25) is 19.6 Å². The van der Waals surface area contributed by atoms with Crippen molar-refractivity contribution in [3.8, 4) is 5.75 Å². The molecular weight excluding hydrogens is 270 g/mol. The molecule has 104 valence electrons. The number of nitro benzene ring substituents is 1. The van der Waals surface area contributed by atoms with Gasteiger partial charge in [-0.2, -0.15) is 0 Å². The van der Waals surface area contributed by atoms with Crippen LogP contribution in [-0.4, -0.2) is 29.4 Å².